The number of non-ortho nitro benzene ring substituents is 1. The minimum atomic E-state index is -0.535. The number of benzene rings is 1. The summed E-state index contributed by atoms with van der Waals surface area (Å²) in [5.41, 5.74) is 0.114. The molecule has 1 aromatic rings. The summed E-state index contributed by atoms with van der Waals surface area (Å²) in [6.07, 6.45) is 0. The maximum atomic E-state index is 12.0. The van der Waals surface area contributed by atoms with E-state index in [-0.39, 0.29) is 23.2 Å². The van der Waals surface area contributed by atoms with Crippen LogP contribution in [0.15, 0.2) is 22.7 Å². The van der Waals surface area contributed by atoms with Gasteiger partial charge in [0, 0.05) is 29.3 Å². The molecule has 19 heavy (non-hydrogen) atoms. The van der Waals surface area contributed by atoms with Gasteiger partial charge >= 0.3 is 0 Å². The number of carbonyl (C=O) groups excluding carboxylic acids is 1. The van der Waals surface area contributed by atoms with Crippen LogP contribution in [0.1, 0.15) is 24.2 Å². The smallest absolute Gasteiger partial charge is 0.270 e. The van der Waals surface area contributed by atoms with E-state index in [0.717, 1.165) is 0 Å². The molecule has 1 atom stereocenters. The van der Waals surface area contributed by atoms with Crippen molar-refractivity contribution in [2.75, 3.05) is 13.2 Å². The number of carbonyl (C=O) groups is 1. The van der Waals surface area contributed by atoms with E-state index in [2.05, 4.69) is 21.2 Å². The number of ether oxygens (including phenoxy) is 1. The zero-order valence-electron chi connectivity index (χ0n) is 10.7. The number of hydrogen-bond acceptors (Lipinski definition) is 4. The molecule has 0 saturated carbocycles. The topological polar surface area (TPSA) is 81.5 Å². The lowest BCUT2D eigenvalue weighted by Gasteiger charge is -2.14. The highest BCUT2D eigenvalue weighted by molar-refractivity contribution is 9.10. The number of nitro groups is 1. The van der Waals surface area contributed by atoms with Gasteiger partial charge in [0.2, 0.25) is 0 Å². The van der Waals surface area contributed by atoms with Gasteiger partial charge in [-0.3, -0.25) is 14.9 Å². The average molecular weight is 331 g/mol. The quantitative estimate of drug-likeness (QED) is 0.641. The largest absolute Gasteiger partial charge is 0.380 e. The molecule has 0 aliphatic carbocycles. The second-order valence-corrected chi connectivity index (χ2v) is 4.81. The molecule has 0 aliphatic rings. The molecule has 1 N–H and O–H groups in total. The van der Waals surface area contributed by atoms with E-state index in [1.54, 1.807) is 6.92 Å². The third kappa shape index (κ3) is 4.60. The van der Waals surface area contributed by atoms with Crippen molar-refractivity contribution in [3.05, 3.63) is 38.3 Å². The van der Waals surface area contributed by atoms with Crippen molar-refractivity contribution in [2.45, 2.75) is 19.9 Å². The molecule has 0 fully saturated rings. The molecular formula is C12H15BrN2O4. The zero-order valence-corrected chi connectivity index (χ0v) is 12.3. The van der Waals surface area contributed by atoms with Crippen molar-refractivity contribution < 1.29 is 14.5 Å². The number of amides is 1. The van der Waals surface area contributed by atoms with Crippen LogP contribution in [0.4, 0.5) is 5.69 Å². The lowest BCUT2D eigenvalue weighted by molar-refractivity contribution is -0.384. The van der Waals surface area contributed by atoms with E-state index in [1.165, 1.54) is 18.2 Å². The standard InChI is InChI=1S/C12H15BrN2O4/c1-3-19-7-8(2)14-12(16)10-6-9(15(17)18)4-5-11(10)13/h4-6,8H,3,7H2,1-2H3,(H,14,16). The van der Waals surface area contributed by atoms with E-state index in [4.69, 9.17) is 4.74 Å². The Balaban J connectivity index is 2.81. The second-order valence-electron chi connectivity index (χ2n) is 3.96. The van der Waals surface area contributed by atoms with Crippen molar-refractivity contribution in [1.82, 2.24) is 5.32 Å². The van der Waals surface area contributed by atoms with E-state index >= 15 is 0 Å². The summed E-state index contributed by atoms with van der Waals surface area (Å²) in [5.74, 6) is -0.372. The normalized spacial score (nSPS) is 11.9. The van der Waals surface area contributed by atoms with Gasteiger partial charge in [0.25, 0.3) is 11.6 Å². The first kappa shape index (κ1) is 15.6. The van der Waals surface area contributed by atoms with Crippen LogP contribution in [-0.4, -0.2) is 30.1 Å². The summed E-state index contributed by atoms with van der Waals surface area (Å²) in [5, 5.41) is 13.4. The number of nitrogens with one attached hydrogen (secondary N) is 1. The van der Waals surface area contributed by atoms with Crippen LogP contribution in [0.3, 0.4) is 0 Å². The highest BCUT2D eigenvalue weighted by Crippen LogP contribution is 2.22. The summed E-state index contributed by atoms with van der Waals surface area (Å²) in [6, 6.07) is 3.90. The van der Waals surface area contributed by atoms with Gasteiger partial charge in [-0.25, -0.2) is 0 Å². The lowest BCUT2D eigenvalue weighted by Crippen LogP contribution is -2.36. The molecule has 1 rings (SSSR count). The lowest BCUT2D eigenvalue weighted by atomic mass is 10.2. The molecule has 1 unspecified atom stereocenters. The third-order valence-electron chi connectivity index (χ3n) is 2.35. The van der Waals surface area contributed by atoms with Crippen LogP contribution in [0.2, 0.25) is 0 Å². The van der Waals surface area contributed by atoms with Crippen LogP contribution in [0.25, 0.3) is 0 Å². The van der Waals surface area contributed by atoms with E-state index in [9.17, 15) is 14.9 Å². The Kier molecular flexibility index (Phi) is 5.91. The highest BCUT2D eigenvalue weighted by Gasteiger charge is 2.17. The molecule has 7 heteroatoms. The molecule has 0 aliphatic heterocycles. The third-order valence-corrected chi connectivity index (χ3v) is 3.05. The molecule has 0 radical (unpaired) electrons. The van der Waals surface area contributed by atoms with Crippen molar-refractivity contribution >= 4 is 27.5 Å². The molecular weight excluding hydrogens is 316 g/mol. The molecule has 6 nitrogen and oxygen atoms in total. The van der Waals surface area contributed by atoms with Crippen molar-refractivity contribution in [3.63, 3.8) is 0 Å². The molecule has 1 aromatic carbocycles. The van der Waals surface area contributed by atoms with Gasteiger partial charge in [-0.2, -0.15) is 0 Å². The predicted octanol–water partition coefficient (Wildman–Crippen LogP) is 2.51. The number of halogens is 1. The Hall–Kier alpha value is -1.47. The van der Waals surface area contributed by atoms with E-state index in [0.29, 0.717) is 17.7 Å². The highest BCUT2D eigenvalue weighted by atomic mass is 79.9. The molecule has 0 spiro atoms. The van der Waals surface area contributed by atoms with Gasteiger partial charge in [-0.1, -0.05) is 0 Å². The second kappa shape index (κ2) is 7.20. The summed E-state index contributed by atoms with van der Waals surface area (Å²) < 4.78 is 5.70. The molecule has 0 bridgehead atoms. The maximum Gasteiger partial charge on any atom is 0.270 e. The Morgan fingerprint density at radius 3 is 2.84 bits per heavy atom. The van der Waals surface area contributed by atoms with Gasteiger partial charge in [0.05, 0.1) is 17.1 Å². The van der Waals surface area contributed by atoms with Gasteiger partial charge in [0.15, 0.2) is 0 Å². The van der Waals surface area contributed by atoms with Crippen LogP contribution in [0, 0.1) is 10.1 Å². The Morgan fingerprint density at radius 2 is 2.26 bits per heavy atom. The summed E-state index contributed by atoms with van der Waals surface area (Å²) in [6.45, 7) is 4.64. The van der Waals surface area contributed by atoms with Crippen LogP contribution < -0.4 is 5.32 Å². The van der Waals surface area contributed by atoms with Crippen molar-refractivity contribution in [2.24, 2.45) is 0 Å². The van der Waals surface area contributed by atoms with Crippen molar-refractivity contribution in [1.29, 1.82) is 0 Å². The van der Waals surface area contributed by atoms with Crippen molar-refractivity contribution in [3.8, 4) is 0 Å². The summed E-state index contributed by atoms with van der Waals surface area (Å²) in [7, 11) is 0. The molecule has 1 amide bonds. The number of hydrogen-bond donors (Lipinski definition) is 1. The average Bonchev–Trinajstić information content (AvgIpc) is 2.36. The van der Waals surface area contributed by atoms with E-state index < -0.39 is 4.92 Å². The minimum Gasteiger partial charge on any atom is -0.380 e. The first-order valence-corrected chi connectivity index (χ1v) is 6.57. The fourth-order valence-corrected chi connectivity index (χ4v) is 1.87. The SMILES string of the molecule is CCOCC(C)NC(=O)c1cc([N+](=O)[O-])ccc1Br. The summed E-state index contributed by atoms with van der Waals surface area (Å²) >= 11 is 3.21. The Morgan fingerprint density at radius 1 is 1.58 bits per heavy atom. The Labute approximate surface area is 119 Å². The molecule has 0 heterocycles. The first-order chi connectivity index (χ1) is 8.95. The van der Waals surface area contributed by atoms with Gasteiger partial charge in [0.1, 0.15) is 0 Å². The number of nitro benzene ring substituents is 1. The monoisotopic (exact) mass is 330 g/mol. The van der Waals surface area contributed by atoms with E-state index in [1.807, 2.05) is 6.92 Å². The molecule has 0 aromatic heterocycles. The molecule has 104 valence electrons. The van der Waals surface area contributed by atoms with Gasteiger partial charge < -0.3 is 10.1 Å². The Bertz CT molecular complexity index is 479. The van der Waals surface area contributed by atoms with Crippen LogP contribution in [0.5, 0.6) is 0 Å². The number of rotatable bonds is 6. The fraction of sp³-hybridized carbons (Fsp3) is 0.417. The minimum absolute atomic E-state index is 0.120. The van der Waals surface area contributed by atoms with Gasteiger partial charge in [-0.05, 0) is 35.8 Å². The predicted molar refractivity (Wildman–Crippen MR) is 74.2 cm³/mol. The first-order valence-electron chi connectivity index (χ1n) is 5.78. The van der Waals surface area contributed by atoms with Gasteiger partial charge in [-0.15, -0.1) is 0 Å². The number of nitrogens with zero attached hydrogens (tertiary/aromatic N) is 1. The van der Waals surface area contributed by atoms with Crippen LogP contribution >= 0.6 is 15.9 Å². The fourth-order valence-electron chi connectivity index (χ4n) is 1.44. The maximum absolute atomic E-state index is 12.0. The van der Waals surface area contributed by atoms with Crippen LogP contribution in [-0.2, 0) is 4.74 Å². The molecule has 0 saturated heterocycles. The zero-order chi connectivity index (χ0) is 14.4. The summed E-state index contributed by atoms with van der Waals surface area (Å²) in [4.78, 5) is 22.1.